The second-order valence-electron chi connectivity index (χ2n) is 5.93. The van der Waals surface area contributed by atoms with E-state index in [2.05, 4.69) is 10.1 Å². The molecule has 0 bridgehead atoms. The average Bonchev–Trinajstić information content (AvgIpc) is 2.57. The molecule has 0 aromatic heterocycles. The molecule has 0 heterocycles. The van der Waals surface area contributed by atoms with Crippen molar-refractivity contribution in [2.45, 2.75) is 27.4 Å². The van der Waals surface area contributed by atoms with Crippen LogP contribution in [0.25, 0.3) is 0 Å². The molecule has 0 saturated heterocycles. The van der Waals surface area contributed by atoms with Gasteiger partial charge in [-0.3, -0.25) is 4.79 Å². The number of carboxylic acids is 1. The lowest BCUT2D eigenvalue weighted by molar-refractivity contribution is -0.139. The number of amides is 1. The fourth-order valence-electron chi connectivity index (χ4n) is 2.56. The Labute approximate surface area is 154 Å². The standard InChI is InChI=1S/C19H19F2NO5/c1-10-8-14(26-9-16(23)24)4-5-15(10)22-18(25)13-6-11(2)17(12(3)7-13)27-19(20)21/h4-8,19H,9H2,1-3H3,(H,22,25)(H,23,24). The Morgan fingerprint density at radius 3 is 2.22 bits per heavy atom. The number of aliphatic carboxylic acids is 1. The fourth-order valence-corrected chi connectivity index (χ4v) is 2.56. The number of halogens is 2. The highest BCUT2D eigenvalue weighted by molar-refractivity contribution is 6.05. The van der Waals surface area contributed by atoms with E-state index < -0.39 is 25.1 Å². The Bertz CT molecular complexity index is 844. The van der Waals surface area contributed by atoms with Crippen molar-refractivity contribution in [3.8, 4) is 11.5 Å². The number of rotatable bonds is 7. The van der Waals surface area contributed by atoms with Gasteiger partial charge in [-0.1, -0.05) is 0 Å². The molecule has 27 heavy (non-hydrogen) atoms. The molecule has 2 rings (SSSR count). The van der Waals surface area contributed by atoms with Crippen LogP contribution < -0.4 is 14.8 Å². The molecule has 2 N–H and O–H groups in total. The summed E-state index contributed by atoms with van der Waals surface area (Å²) >= 11 is 0. The van der Waals surface area contributed by atoms with Crippen LogP contribution in [-0.2, 0) is 4.79 Å². The molecule has 2 aromatic carbocycles. The molecular formula is C19H19F2NO5. The first kappa shape index (κ1) is 20.2. The second-order valence-corrected chi connectivity index (χ2v) is 5.93. The van der Waals surface area contributed by atoms with E-state index in [-0.39, 0.29) is 5.75 Å². The Morgan fingerprint density at radius 2 is 1.70 bits per heavy atom. The van der Waals surface area contributed by atoms with E-state index in [9.17, 15) is 18.4 Å². The van der Waals surface area contributed by atoms with Gasteiger partial charge in [0.2, 0.25) is 0 Å². The number of hydrogen-bond acceptors (Lipinski definition) is 4. The maximum absolute atomic E-state index is 12.5. The van der Waals surface area contributed by atoms with Crippen LogP contribution >= 0.6 is 0 Å². The van der Waals surface area contributed by atoms with Crippen LogP contribution in [0.15, 0.2) is 30.3 Å². The Morgan fingerprint density at radius 1 is 1.07 bits per heavy atom. The van der Waals surface area contributed by atoms with Crippen LogP contribution in [0.5, 0.6) is 11.5 Å². The van der Waals surface area contributed by atoms with E-state index in [1.54, 1.807) is 39.0 Å². The minimum absolute atomic E-state index is 0.0534. The van der Waals surface area contributed by atoms with Gasteiger partial charge < -0.3 is 19.9 Å². The van der Waals surface area contributed by atoms with Crippen molar-refractivity contribution < 1.29 is 33.0 Å². The van der Waals surface area contributed by atoms with Crippen molar-refractivity contribution in [3.05, 3.63) is 52.6 Å². The Kier molecular flexibility index (Phi) is 6.33. The zero-order chi connectivity index (χ0) is 20.1. The summed E-state index contributed by atoms with van der Waals surface area (Å²) in [5.74, 6) is -1.08. The molecule has 0 spiro atoms. The molecule has 0 atom stereocenters. The smallest absolute Gasteiger partial charge is 0.387 e. The monoisotopic (exact) mass is 379 g/mol. The maximum Gasteiger partial charge on any atom is 0.387 e. The van der Waals surface area contributed by atoms with Crippen LogP contribution in [0.4, 0.5) is 14.5 Å². The highest BCUT2D eigenvalue weighted by Crippen LogP contribution is 2.27. The third-order valence-electron chi connectivity index (χ3n) is 3.74. The van der Waals surface area contributed by atoms with Crippen molar-refractivity contribution in [3.63, 3.8) is 0 Å². The summed E-state index contributed by atoms with van der Waals surface area (Å²) < 4.78 is 34.5. The van der Waals surface area contributed by atoms with Gasteiger partial charge in [-0.25, -0.2) is 4.79 Å². The topological polar surface area (TPSA) is 84.9 Å². The molecule has 0 radical (unpaired) electrons. The highest BCUT2D eigenvalue weighted by Gasteiger charge is 2.15. The van der Waals surface area contributed by atoms with E-state index in [0.29, 0.717) is 33.7 Å². The summed E-state index contributed by atoms with van der Waals surface area (Å²) in [7, 11) is 0. The number of anilines is 1. The molecular weight excluding hydrogens is 360 g/mol. The number of aryl methyl sites for hydroxylation is 3. The van der Waals surface area contributed by atoms with E-state index in [1.165, 1.54) is 12.1 Å². The number of carboxylic acid groups (broad SMARTS) is 1. The minimum Gasteiger partial charge on any atom is -0.482 e. The van der Waals surface area contributed by atoms with Crippen molar-refractivity contribution >= 4 is 17.6 Å². The summed E-state index contributed by atoms with van der Waals surface area (Å²) in [5.41, 5.74) is 2.35. The number of benzene rings is 2. The molecule has 0 aliphatic rings. The van der Waals surface area contributed by atoms with E-state index in [4.69, 9.17) is 9.84 Å². The number of ether oxygens (including phenoxy) is 2. The normalized spacial score (nSPS) is 10.6. The molecule has 2 aromatic rings. The predicted octanol–water partition coefficient (Wildman–Crippen LogP) is 3.93. The van der Waals surface area contributed by atoms with Gasteiger partial charge in [0.1, 0.15) is 11.5 Å². The second kappa shape index (κ2) is 8.48. The Balaban J connectivity index is 2.16. The molecule has 0 saturated carbocycles. The minimum atomic E-state index is -2.94. The molecule has 0 fully saturated rings. The number of carbonyl (C=O) groups is 2. The largest absolute Gasteiger partial charge is 0.482 e. The molecule has 0 aliphatic heterocycles. The molecule has 0 aliphatic carbocycles. The lowest BCUT2D eigenvalue weighted by Gasteiger charge is -2.14. The van der Waals surface area contributed by atoms with Crippen LogP contribution in [0.2, 0.25) is 0 Å². The third kappa shape index (κ3) is 5.40. The summed E-state index contributed by atoms with van der Waals surface area (Å²) in [6.45, 7) is 1.50. The predicted molar refractivity (Wildman–Crippen MR) is 94.8 cm³/mol. The lowest BCUT2D eigenvalue weighted by atomic mass is 10.0. The van der Waals surface area contributed by atoms with Gasteiger partial charge in [0.15, 0.2) is 6.61 Å². The summed E-state index contributed by atoms with van der Waals surface area (Å²) in [6, 6.07) is 7.69. The van der Waals surface area contributed by atoms with Crippen molar-refractivity contribution in [2.75, 3.05) is 11.9 Å². The zero-order valence-electron chi connectivity index (χ0n) is 15.0. The first-order chi connectivity index (χ1) is 12.7. The molecule has 6 nitrogen and oxygen atoms in total. The Hall–Kier alpha value is -3.16. The average molecular weight is 379 g/mol. The van der Waals surface area contributed by atoms with Gasteiger partial charge in [0, 0.05) is 11.3 Å². The van der Waals surface area contributed by atoms with Gasteiger partial charge in [0.05, 0.1) is 0 Å². The van der Waals surface area contributed by atoms with Gasteiger partial charge in [-0.15, -0.1) is 0 Å². The first-order valence-corrected chi connectivity index (χ1v) is 8.00. The molecule has 0 unspecified atom stereocenters. The molecule has 8 heteroatoms. The van der Waals surface area contributed by atoms with Gasteiger partial charge in [-0.05, 0) is 67.8 Å². The summed E-state index contributed by atoms with van der Waals surface area (Å²) in [5, 5.41) is 11.4. The number of hydrogen-bond donors (Lipinski definition) is 2. The van der Waals surface area contributed by atoms with Gasteiger partial charge in [0.25, 0.3) is 5.91 Å². The zero-order valence-corrected chi connectivity index (χ0v) is 15.0. The van der Waals surface area contributed by atoms with Crippen LogP contribution in [0.1, 0.15) is 27.0 Å². The first-order valence-electron chi connectivity index (χ1n) is 8.00. The quantitative estimate of drug-likeness (QED) is 0.761. The SMILES string of the molecule is Cc1cc(OCC(=O)O)ccc1NC(=O)c1cc(C)c(OC(F)F)c(C)c1. The number of carbonyl (C=O) groups excluding carboxylic acids is 1. The fraction of sp³-hybridized carbons (Fsp3) is 0.263. The third-order valence-corrected chi connectivity index (χ3v) is 3.74. The molecule has 144 valence electrons. The number of nitrogens with one attached hydrogen (secondary N) is 1. The van der Waals surface area contributed by atoms with E-state index in [0.717, 1.165) is 0 Å². The highest BCUT2D eigenvalue weighted by atomic mass is 19.3. The van der Waals surface area contributed by atoms with Gasteiger partial charge in [-0.2, -0.15) is 8.78 Å². The summed E-state index contributed by atoms with van der Waals surface area (Å²) in [4.78, 5) is 23.0. The number of alkyl halides is 2. The summed E-state index contributed by atoms with van der Waals surface area (Å²) in [6.07, 6.45) is 0. The van der Waals surface area contributed by atoms with E-state index >= 15 is 0 Å². The van der Waals surface area contributed by atoms with Crippen LogP contribution in [0.3, 0.4) is 0 Å². The van der Waals surface area contributed by atoms with Crippen molar-refractivity contribution in [2.24, 2.45) is 0 Å². The van der Waals surface area contributed by atoms with Crippen molar-refractivity contribution in [1.82, 2.24) is 0 Å². The lowest BCUT2D eigenvalue weighted by Crippen LogP contribution is -2.14. The van der Waals surface area contributed by atoms with Gasteiger partial charge >= 0.3 is 12.6 Å². The van der Waals surface area contributed by atoms with Crippen molar-refractivity contribution in [1.29, 1.82) is 0 Å². The maximum atomic E-state index is 12.5. The molecule has 1 amide bonds. The van der Waals surface area contributed by atoms with Crippen LogP contribution in [-0.4, -0.2) is 30.2 Å². The van der Waals surface area contributed by atoms with Crippen LogP contribution in [0, 0.1) is 20.8 Å². The van der Waals surface area contributed by atoms with E-state index in [1.807, 2.05) is 0 Å².